The summed E-state index contributed by atoms with van der Waals surface area (Å²) in [6, 6.07) is 7.26. The minimum absolute atomic E-state index is 0.0561. The van der Waals surface area contributed by atoms with Crippen molar-refractivity contribution >= 4 is 39.1 Å². The van der Waals surface area contributed by atoms with Crippen molar-refractivity contribution in [3.8, 4) is 16.9 Å². The van der Waals surface area contributed by atoms with Gasteiger partial charge in [0.1, 0.15) is 17.1 Å². The van der Waals surface area contributed by atoms with E-state index in [0.717, 1.165) is 11.1 Å². The average molecular weight is 439 g/mol. The third-order valence-electron chi connectivity index (χ3n) is 5.50. The van der Waals surface area contributed by atoms with E-state index in [1.54, 1.807) is 17.9 Å². The predicted octanol–water partition coefficient (Wildman–Crippen LogP) is 3.66. The van der Waals surface area contributed by atoms with Gasteiger partial charge in [-0.2, -0.15) is 0 Å². The van der Waals surface area contributed by atoms with Crippen LogP contribution >= 0.6 is 11.3 Å². The maximum Gasteiger partial charge on any atom is 0.253 e. The molecule has 8 heteroatoms. The summed E-state index contributed by atoms with van der Waals surface area (Å²) in [5, 5.41) is 1.93. The van der Waals surface area contributed by atoms with Crippen LogP contribution in [-0.2, 0) is 9.53 Å². The number of carbonyl (C=O) groups excluding carboxylic acids is 1. The van der Waals surface area contributed by atoms with Gasteiger partial charge in [0.25, 0.3) is 5.91 Å². The highest BCUT2D eigenvalue weighted by atomic mass is 32.1. The molecule has 2 aliphatic heterocycles. The maximum atomic E-state index is 12.7. The van der Waals surface area contributed by atoms with Gasteiger partial charge in [-0.05, 0) is 24.6 Å². The van der Waals surface area contributed by atoms with Crippen molar-refractivity contribution in [1.29, 1.82) is 0 Å². The Balaban J connectivity index is 1.60. The highest BCUT2D eigenvalue weighted by molar-refractivity contribution is 7.17. The summed E-state index contributed by atoms with van der Waals surface area (Å²) in [6.45, 7) is 8.97. The molecule has 160 valence electrons. The number of benzene rings is 1. The highest BCUT2D eigenvalue weighted by Gasteiger charge is 2.25. The van der Waals surface area contributed by atoms with E-state index in [1.807, 2.05) is 28.5 Å². The Labute approximate surface area is 183 Å². The molecule has 0 N–H and O–H groups in total. The summed E-state index contributed by atoms with van der Waals surface area (Å²) in [4.78, 5) is 29.1. The van der Waals surface area contributed by atoms with Crippen molar-refractivity contribution in [3.05, 3.63) is 52.0 Å². The first-order valence-electron chi connectivity index (χ1n) is 10.2. The SMILES string of the molecule is C=C(C)C(=O)N1CCOc2ccc(-c3csc4c(=O)cc(N5CCOCC5)oc34)cc21. The number of thiophene rings is 1. The zero-order chi connectivity index (χ0) is 21.5. The quantitative estimate of drug-likeness (QED) is 0.581. The molecule has 1 fully saturated rings. The Morgan fingerprint density at radius 2 is 1.94 bits per heavy atom. The number of fused-ring (bicyclic) bond motifs is 2. The fourth-order valence-electron chi connectivity index (χ4n) is 3.90. The molecule has 3 aromatic rings. The van der Waals surface area contributed by atoms with Gasteiger partial charge in [0.2, 0.25) is 5.43 Å². The Kier molecular flexibility index (Phi) is 5.03. The van der Waals surface area contributed by atoms with Crippen LogP contribution in [0.5, 0.6) is 5.75 Å². The monoisotopic (exact) mass is 438 g/mol. The zero-order valence-corrected chi connectivity index (χ0v) is 18.0. The summed E-state index contributed by atoms with van der Waals surface area (Å²) in [6.07, 6.45) is 0. The van der Waals surface area contributed by atoms with Gasteiger partial charge >= 0.3 is 0 Å². The second kappa shape index (κ2) is 7.86. The number of ether oxygens (including phenoxy) is 2. The molecule has 1 amide bonds. The number of hydrogen-bond donors (Lipinski definition) is 0. The molecule has 0 bridgehead atoms. The van der Waals surface area contributed by atoms with E-state index in [4.69, 9.17) is 13.9 Å². The van der Waals surface area contributed by atoms with Crippen molar-refractivity contribution in [2.45, 2.75) is 6.92 Å². The van der Waals surface area contributed by atoms with Crippen molar-refractivity contribution in [2.75, 3.05) is 49.3 Å². The molecule has 2 aromatic heterocycles. The van der Waals surface area contributed by atoms with Crippen molar-refractivity contribution < 1.29 is 18.7 Å². The average Bonchev–Trinajstić information content (AvgIpc) is 3.23. The van der Waals surface area contributed by atoms with Gasteiger partial charge in [0, 0.05) is 35.7 Å². The second-order valence-electron chi connectivity index (χ2n) is 7.62. The number of carbonyl (C=O) groups is 1. The summed E-state index contributed by atoms with van der Waals surface area (Å²) in [7, 11) is 0. The van der Waals surface area contributed by atoms with E-state index in [9.17, 15) is 9.59 Å². The van der Waals surface area contributed by atoms with Crippen molar-refractivity contribution in [3.63, 3.8) is 0 Å². The molecule has 0 unspecified atom stereocenters. The van der Waals surface area contributed by atoms with E-state index in [2.05, 4.69) is 6.58 Å². The number of nitrogens with zero attached hydrogens (tertiary/aromatic N) is 2. The Morgan fingerprint density at radius 3 is 2.71 bits per heavy atom. The number of morpholine rings is 1. The molecule has 1 saturated heterocycles. The smallest absolute Gasteiger partial charge is 0.253 e. The van der Waals surface area contributed by atoms with E-state index in [-0.39, 0.29) is 11.3 Å². The van der Waals surface area contributed by atoms with Crippen LogP contribution in [0, 0.1) is 0 Å². The third kappa shape index (κ3) is 3.51. The summed E-state index contributed by atoms with van der Waals surface area (Å²) < 4.78 is 18.0. The molecule has 0 aliphatic carbocycles. The first kappa shape index (κ1) is 19.8. The molecular formula is C23H22N2O5S. The molecule has 0 radical (unpaired) electrons. The lowest BCUT2D eigenvalue weighted by atomic mass is 10.1. The van der Waals surface area contributed by atoms with Crippen LogP contribution < -0.4 is 20.0 Å². The van der Waals surface area contributed by atoms with Crippen LogP contribution in [0.2, 0.25) is 0 Å². The lowest BCUT2D eigenvalue weighted by Gasteiger charge is -2.30. The van der Waals surface area contributed by atoms with Gasteiger partial charge < -0.3 is 23.7 Å². The van der Waals surface area contributed by atoms with E-state index < -0.39 is 0 Å². The normalized spacial score (nSPS) is 16.2. The molecule has 0 spiro atoms. The Bertz CT molecular complexity index is 1240. The molecule has 1 aromatic carbocycles. The zero-order valence-electron chi connectivity index (χ0n) is 17.2. The number of rotatable bonds is 3. The topological polar surface area (TPSA) is 72.2 Å². The van der Waals surface area contributed by atoms with E-state index >= 15 is 0 Å². The van der Waals surface area contributed by atoms with Crippen molar-refractivity contribution in [2.24, 2.45) is 0 Å². The van der Waals surface area contributed by atoms with Gasteiger partial charge in [0.05, 0.1) is 25.4 Å². The lowest BCUT2D eigenvalue weighted by molar-refractivity contribution is -0.115. The highest BCUT2D eigenvalue weighted by Crippen LogP contribution is 2.40. The van der Waals surface area contributed by atoms with Crippen LogP contribution in [0.3, 0.4) is 0 Å². The van der Waals surface area contributed by atoms with Gasteiger partial charge in [0.15, 0.2) is 11.5 Å². The predicted molar refractivity (Wildman–Crippen MR) is 121 cm³/mol. The lowest BCUT2D eigenvalue weighted by Crippen LogP contribution is -2.38. The van der Waals surface area contributed by atoms with Crippen LogP contribution in [0.4, 0.5) is 11.6 Å². The summed E-state index contributed by atoms with van der Waals surface area (Å²) in [5.41, 5.74) is 3.36. The van der Waals surface area contributed by atoms with E-state index in [0.29, 0.717) is 72.6 Å². The first-order chi connectivity index (χ1) is 15.0. The van der Waals surface area contributed by atoms with Crippen LogP contribution in [-0.4, -0.2) is 45.4 Å². The van der Waals surface area contributed by atoms with Gasteiger partial charge in [-0.15, -0.1) is 11.3 Å². The number of amides is 1. The summed E-state index contributed by atoms with van der Waals surface area (Å²) >= 11 is 1.36. The number of anilines is 2. The molecule has 7 nitrogen and oxygen atoms in total. The maximum absolute atomic E-state index is 12.7. The molecule has 0 atom stereocenters. The molecule has 4 heterocycles. The van der Waals surface area contributed by atoms with Gasteiger partial charge in [-0.25, -0.2) is 0 Å². The van der Waals surface area contributed by atoms with E-state index in [1.165, 1.54) is 11.3 Å². The van der Waals surface area contributed by atoms with Crippen molar-refractivity contribution in [1.82, 2.24) is 0 Å². The van der Waals surface area contributed by atoms with Crippen LogP contribution in [0.15, 0.2) is 51.0 Å². The first-order valence-corrected chi connectivity index (χ1v) is 11.0. The summed E-state index contributed by atoms with van der Waals surface area (Å²) in [5.74, 6) is 1.08. The Morgan fingerprint density at radius 1 is 1.13 bits per heavy atom. The Hall–Kier alpha value is -3.10. The third-order valence-corrected chi connectivity index (χ3v) is 6.47. The minimum atomic E-state index is -0.127. The molecule has 5 rings (SSSR count). The number of hydrogen-bond acceptors (Lipinski definition) is 7. The van der Waals surface area contributed by atoms with Crippen LogP contribution in [0.25, 0.3) is 21.4 Å². The van der Waals surface area contributed by atoms with Crippen LogP contribution in [0.1, 0.15) is 6.92 Å². The fourth-order valence-corrected chi connectivity index (χ4v) is 4.81. The molecule has 2 aliphatic rings. The molecule has 0 saturated carbocycles. The van der Waals surface area contributed by atoms with Gasteiger partial charge in [-0.3, -0.25) is 9.59 Å². The molecular weight excluding hydrogens is 416 g/mol. The molecule has 31 heavy (non-hydrogen) atoms. The second-order valence-corrected chi connectivity index (χ2v) is 8.50. The standard InChI is InChI=1S/C23H22N2O5S/c1-14(2)23(27)25-7-10-29-19-4-3-15(11-17(19)25)16-13-31-22-18(26)12-20(30-21(16)22)24-5-8-28-9-6-24/h3-4,11-13H,1,5-10H2,2H3. The largest absolute Gasteiger partial charge is 0.490 e. The minimum Gasteiger partial charge on any atom is -0.490 e. The van der Waals surface area contributed by atoms with Gasteiger partial charge in [-0.1, -0.05) is 12.6 Å². The fraction of sp³-hybridized carbons (Fsp3) is 0.304.